The number of ketones is 1. The van der Waals surface area contributed by atoms with Gasteiger partial charge >= 0.3 is 6.09 Å². The van der Waals surface area contributed by atoms with Gasteiger partial charge < -0.3 is 9.64 Å². The fourth-order valence-corrected chi connectivity index (χ4v) is 2.94. The third kappa shape index (κ3) is 4.69. The molecule has 1 aromatic heterocycles. The van der Waals surface area contributed by atoms with E-state index in [1.165, 1.54) is 30.2 Å². The van der Waals surface area contributed by atoms with E-state index in [1.807, 2.05) is 0 Å². The van der Waals surface area contributed by atoms with Gasteiger partial charge in [-0.1, -0.05) is 12.1 Å². The number of likely N-dealkylation sites (tertiary alicyclic amines) is 1. The highest BCUT2D eigenvalue weighted by molar-refractivity contribution is 6.21. The van der Waals surface area contributed by atoms with Crippen LogP contribution >= 0.6 is 0 Å². The maximum absolute atomic E-state index is 12.7. The van der Waals surface area contributed by atoms with E-state index in [4.69, 9.17) is 4.74 Å². The molecule has 1 saturated heterocycles. The molecule has 27 heavy (non-hydrogen) atoms. The van der Waals surface area contributed by atoms with Crippen LogP contribution in [0.25, 0.3) is 6.08 Å². The number of imidazole rings is 1. The van der Waals surface area contributed by atoms with Crippen LogP contribution in [0.15, 0.2) is 48.6 Å². The average molecular weight is 367 g/mol. The van der Waals surface area contributed by atoms with Crippen molar-refractivity contribution >= 4 is 23.9 Å². The van der Waals surface area contributed by atoms with Gasteiger partial charge in [0.25, 0.3) is 5.91 Å². The number of nitrogens with zero attached hydrogens (tertiary/aromatic N) is 3. The Balaban J connectivity index is 1.80. The van der Waals surface area contributed by atoms with Gasteiger partial charge in [-0.05, 0) is 50.0 Å². The molecule has 1 amide bonds. The Morgan fingerprint density at radius 3 is 2.59 bits per heavy atom. The molecule has 0 saturated carbocycles. The number of carbonyl (C=O) groups is 3. The molecular formula is C20H21N3O4. The van der Waals surface area contributed by atoms with Crippen molar-refractivity contribution in [1.29, 1.82) is 0 Å². The quantitative estimate of drug-likeness (QED) is 0.471. The van der Waals surface area contributed by atoms with Crippen molar-refractivity contribution in [2.24, 2.45) is 0 Å². The largest absolute Gasteiger partial charge is 0.424 e. The van der Waals surface area contributed by atoms with Crippen LogP contribution in [-0.4, -0.2) is 45.3 Å². The lowest BCUT2D eigenvalue weighted by atomic mass is 10.0. The van der Waals surface area contributed by atoms with E-state index in [1.54, 1.807) is 35.2 Å². The van der Waals surface area contributed by atoms with Gasteiger partial charge in [0.1, 0.15) is 12.1 Å². The monoisotopic (exact) mass is 367 g/mol. The van der Waals surface area contributed by atoms with Crippen LogP contribution in [0.3, 0.4) is 0 Å². The number of carbonyl (C=O) groups excluding carboxylic acids is 3. The molecule has 0 bridgehead atoms. The Bertz CT molecular complexity index is 865. The van der Waals surface area contributed by atoms with Crippen LogP contribution in [0.1, 0.15) is 31.7 Å². The molecule has 2 aromatic rings. The van der Waals surface area contributed by atoms with Gasteiger partial charge in [-0.15, -0.1) is 0 Å². The van der Waals surface area contributed by atoms with Crippen molar-refractivity contribution in [3.63, 3.8) is 0 Å². The number of amides is 1. The average Bonchev–Trinajstić information content (AvgIpc) is 3.21. The lowest BCUT2D eigenvalue weighted by Gasteiger charge is -2.27. The summed E-state index contributed by atoms with van der Waals surface area (Å²) in [5.41, 5.74) is 0.747. The minimum atomic E-state index is -0.593. The van der Waals surface area contributed by atoms with Crippen LogP contribution in [-0.2, 0) is 9.59 Å². The number of Topliss-reactive ketones (excluding diaryl/α,β-unsaturated/α-hetero) is 1. The number of benzene rings is 1. The Morgan fingerprint density at radius 1 is 1.15 bits per heavy atom. The second-order valence-corrected chi connectivity index (χ2v) is 6.38. The number of aromatic nitrogens is 2. The first-order valence-electron chi connectivity index (χ1n) is 8.87. The van der Waals surface area contributed by atoms with Crippen LogP contribution in [0.5, 0.6) is 5.75 Å². The summed E-state index contributed by atoms with van der Waals surface area (Å²) in [6.07, 6.45) is 8.28. The molecule has 0 aliphatic carbocycles. The molecule has 0 spiro atoms. The second-order valence-electron chi connectivity index (χ2n) is 6.38. The number of piperidine rings is 1. The van der Waals surface area contributed by atoms with E-state index in [9.17, 15) is 14.4 Å². The van der Waals surface area contributed by atoms with Gasteiger partial charge in [0, 0.05) is 25.5 Å². The van der Waals surface area contributed by atoms with E-state index in [0.29, 0.717) is 24.4 Å². The molecule has 3 rings (SSSR count). The minimum absolute atomic E-state index is 0.134. The Hall–Kier alpha value is -3.22. The van der Waals surface area contributed by atoms with Gasteiger partial charge in [0.2, 0.25) is 0 Å². The summed E-state index contributed by atoms with van der Waals surface area (Å²) in [5, 5.41) is 0. The van der Waals surface area contributed by atoms with Crippen LogP contribution in [0, 0.1) is 0 Å². The molecule has 140 valence electrons. The molecule has 1 fully saturated rings. The first kappa shape index (κ1) is 18.6. The Kier molecular flexibility index (Phi) is 5.80. The molecular weight excluding hydrogens is 346 g/mol. The summed E-state index contributed by atoms with van der Waals surface area (Å²) in [5.74, 6) is -0.217. The zero-order valence-corrected chi connectivity index (χ0v) is 15.1. The molecule has 0 N–H and O–H groups in total. The van der Waals surface area contributed by atoms with Crippen molar-refractivity contribution in [3.05, 3.63) is 54.1 Å². The normalized spacial score (nSPS) is 14.7. The summed E-state index contributed by atoms with van der Waals surface area (Å²) in [4.78, 5) is 42.3. The van der Waals surface area contributed by atoms with Gasteiger partial charge in [-0.2, -0.15) is 0 Å². The Labute approximate surface area is 157 Å². The van der Waals surface area contributed by atoms with E-state index >= 15 is 0 Å². The predicted octanol–water partition coefficient (Wildman–Crippen LogP) is 2.92. The molecule has 1 aromatic carbocycles. The number of ether oxygens (including phenoxy) is 1. The molecule has 2 heterocycles. The minimum Gasteiger partial charge on any atom is -0.410 e. The fourth-order valence-electron chi connectivity index (χ4n) is 2.94. The number of hydrogen-bond acceptors (Lipinski definition) is 5. The smallest absolute Gasteiger partial charge is 0.410 e. The summed E-state index contributed by atoms with van der Waals surface area (Å²) >= 11 is 0. The predicted molar refractivity (Wildman–Crippen MR) is 99.2 cm³/mol. The third-order valence-electron chi connectivity index (χ3n) is 4.34. The number of rotatable bonds is 4. The standard InChI is InChI=1S/C20H21N3O4/c1-15(24)18(19(25)22-9-3-2-4-10-22)13-16-6-5-7-17(12-16)27-20(26)23-11-8-21-14-23/h5-8,11-14H,2-4,9-10H2,1H3/b18-13+. The molecule has 7 heteroatoms. The lowest BCUT2D eigenvalue weighted by molar-refractivity contribution is -0.130. The van der Waals surface area contributed by atoms with E-state index in [2.05, 4.69) is 4.98 Å². The fraction of sp³-hybridized carbons (Fsp3) is 0.300. The van der Waals surface area contributed by atoms with Gasteiger partial charge in [0.15, 0.2) is 5.78 Å². The zero-order valence-electron chi connectivity index (χ0n) is 15.1. The Morgan fingerprint density at radius 2 is 1.93 bits per heavy atom. The summed E-state index contributed by atoms with van der Waals surface area (Å²) in [6.45, 7) is 2.73. The number of hydrogen-bond donors (Lipinski definition) is 0. The van der Waals surface area contributed by atoms with Crippen LogP contribution in [0.4, 0.5) is 4.79 Å². The molecule has 0 atom stereocenters. The molecule has 0 unspecified atom stereocenters. The lowest BCUT2D eigenvalue weighted by Crippen LogP contribution is -2.37. The highest BCUT2D eigenvalue weighted by Gasteiger charge is 2.23. The summed E-state index contributed by atoms with van der Waals surface area (Å²) in [7, 11) is 0. The highest BCUT2D eigenvalue weighted by atomic mass is 16.6. The van der Waals surface area contributed by atoms with Crippen molar-refractivity contribution < 1.29 is 19.1 Å². The van der Waals surface area contributed by atoms with E-state index in [-0.39, 0.29) is 17.3 Å². The molecule has 1 aliphatic rings. The van der Waals surface area contributed by atoms with Crippen molar-refractivity contribution in [2.75, 3.05) is 13.1 Å². The van der Waals surface area contributed by atoms with Crippen molar-refractivity contribution in [1.82, 2.24) is 14.5 Å². The van der Waals surface area contributed by atoms with Crippen LogP contribution in [0.2, 0.25) is 0 Å². The summed E-state index contributed by atoms with van der Waals surface area (Å²) in [6, 6.07) is 6.69. The van der Waals surface area contributed by atoms with Gasteiger partial charge in [-0.3, -0.25) is 9.59 Å². The summed E-state index contributed by atoms with van der Waals surface area (Å²) < 4.78 is 6.50. The maximum Gasteiger partial charge on any atom is 0.424 e. The third-order valence-corrected chi connectivity index (χ3v) is 4.34. The maximum atomic E-state index is 12.7. The first-order chi connectivity index (χ1) is 13.0. The van der Waals surface area contributed by atoms with Crippen LogP contribution < -0.4 is 4.74 Å². The SMILES string of the molecule is CC(=O)/C(=C\c1cccc(OC(=O)n2ccnc2)c1)C(=O)N1CCCCC1. The van der Waals surface area contributed by atoms with Crippen molar-refractivity contribution in [2.45, 2.75) is 26.2 Å². The first-order valence-corrected chi connectivity index (χ1v) is 8.87. The second kappa shape index (κ2) is 8.44. The highest BCUT2D eigenvalue weighted by Crippen LogP contribution is 2.19. The van der Waals surface area contributed by atoms with E-state index < -0.39 is 6.09 Å². The van der Waals surface area contributed by atoms with E-state index in [0.717, 1.165) is 19.3 Å². The molecule has 1 aliphatic heterocycles. The van der Waals surface area contributed by atoms with Gasteiger partial charge in [0.05, 0.1) is 5.57 Å². The van der Waals surface area contributed by atoms with Crippen molar-refractivity contribution in [3.8, 4) is 5.75 Å². The topological polar surface area (TPSA) is 81.5 Å². The molecule has 7 nitrogen and oxygen atoms in total. The molecule has 0 radical (unpaired) electrons. The zero-order chi connectivity index (χ0) is 19.2. The van der Waals surface area contributed by atoms with Gasteiger partial charge in [-0.25, -0.2) is 14.3 Å².